The molecule has 0 radical (unpaired) electrons. The van der Waals surface area contributed by atoms with Crippen molar-refractivity contribution >= 4 is 35.6 Å². The summed E-state index contributed by atoms with van der Waals surface area (Å²) in [7, 11) is 0. The molecule has 0 bridgehead atoms. The molecule has 2 aromatic carbocycles. The Morgan fingerprint density at radius 2 is 1.74 bits per heavy atom. The molecule has 0 spiro atoms. The summed E-state index contributed by atoms with van der Waals surface area (Å²) in [4.78, 5) is 14.8. The summed E-state index contributed by atoms with van der Waals surface area (Å²) in [5.74, 6) is 1.53. The maximum absolute atomic E-state index is 10.7. The van der Waals surface area contributed by atoms with Crippen LogP contribution in [0.5, 0.6) is 5.75 Å². The number of benzene rings is 2. The summed E-state index contributed by atoms with van der Waals surface area (Å²) in [6.45, 7) is 4.47. The molecular formula is C19H25IN4O3. The third-order valence-electron chi connectivity index (χ3n) is 3.52. The lowest BCUT2D eigenvalue weighted by molar-refractivity contribution is -0.384. The van der Waals surface area contributed by atoms with Crippen molar-refractivity contribution in [2.24, 2.45) is 4.99 Å². The summed E-state index contributed by atoms with van der Waals surface area (Å²) >= 11 is 0. The second-order valence-corrected chi connectivity index (χ2v) is 5.60. The molecule has 146 valence electrons. The van der Waals surface area contributed by atoms with Crippen LogP contribution in [0.25, 0.3) is 0 Å². The number of hydrogen-bond donors (Lipinski definition) is 2. The molecule has 7 nitrogen and oxygen atoms in total. The predicted molar refractivity (Wildman–Crippen MR) is 118 cm³/mol. The number of non-ortho nitro benzene ring substituents is 1. The quantitative estimate of drug-likeness (QED) is 0.141. The van der Waals surface area contributed by atoms with E-state index in [1.165, 1.54) is 12.1 Å². The number of nitrogens with zero attached hydrogens (tertiary/aromatic N) is 2. The van der Waals surface area contributed by atoms with Gasteiger partial charge in [-0.15, -0.1) is 24.0 Å². The van der Waals surface area contributed by atoms with E-state index >= 15 is 0 Å². The van der Waals surface area contributed by atoms with Crippen LogP contribution < -0.4 is 15.4 Å². The Morgan fingerprint density at radius 3 is 2.37 bits per heavy atom. The standard InChI is InChI=1S/C19H24N4O3.HI/c1-2-12-20-19(21-13-14-26-18-6-4-3-5-7-18)22-15-16-8-10-17(11-9-16)23(24)25;/h3-11H,2,12-15H2,1H3,(H2,20,21,22);1H. The molecule has 0 amide bonds. The zero-order valence-electron chi connectivity index (χ0n) is 15.3. The van der Waals surface area contributed by atoms with E-state index in [1.807, 2.05) is 30.3 Å². The first-order chi connectivity index (χ1) is 12.7. The number of nitro benzene ring substituents is 1. The van der Waals surface area contributed by atoms with Crippen LogP contribution in [0.15, 0.2) is 59.6 Å². The van der Waals surface area contributed by atoms with E-state index in [2.05, 4.69) is 22.5 Å². The van der Waals surface area contributed by atoms with Crippen LogP contribution in [0.3, 0.4) is 0 Å². The molecule has 0 unspecified atom stereocenters. The van der Waals surface area contributed by atoms with Gasteiger partial charge in [-0.05, 0) is 24.1 Å². The zero-order valence-corrected chi connectivity index (χ0v) is 17.6. The van der Waals surface area contributed by atoms with E-state index in [1.54, 1.807) is 12.1 Å². The van der Waals surface area contributed by atoms with Crippen LogP contribution in [0, 0.1) is 10.1 Å². The molecule has 0 saturated carbocycles. The van der Waals surface area contributed by atoms with Gasteiger partial charge >= 0.3 is 0 Å². The first-order valence-electron chi connectivity index (χ1n) is 8.62. The van der Waals surface area contributed by atoms with Crippen molar-refractivity contribution in [1.82, 2.24) is 10.6 Å². The fourth-order valence-electron chi connectivity index (χ4n) is 2.17. The SMILES string of the molecule is CCCNC(=NCc1ccc([N+](=O)[O-])cc1)NCCOc1ccccc1.I. The largest absolute Gasteiger partial charge is 0.492 e. The van der Waals surface area contributed by atoms with Gasteiger partial charge in [0.15, 0.2) is 5.96 Å². The second-order valence-electron chi connectivity index (χ2n) is 5.60. The van der Waals surface area contributed by atoms with E-state index in [4.69, 9.17) is 4.74 Å². The van der Waals surface area contributed by atoms with Crippen molar-refractivity contribution in [3.8, 4) is 5.75 Å². The fraction of sp³-hybridized carbons (Fsp3) is 0.316. The number of rotatable bonds is 9. The van der Waals surface area contributed by atoms with Crippen molar-refractivity contribution in [1.29, 1.82) is 0 Å². The lowest BCUT2D eigenvalue weighted by Crippen LogP contribution is -2.39. The molecule has 0 heterocycles. The molecular weight excluding hydrogens is 459 g/mol. The minimum atomic E-state index is -0.407. The zero-order chi connectivity index (χ0) is 18.6. The summed E-state index contributed by atoms with van der Waals surface area (Å²) < 4.78 is 5.65. The van der Waals surface area contributed by atoms with E-state index in [9.17, 15) is 10.1 Å². The number of hydrogen-bond acceptors (Lipinski definition) is 4. The third kappa shape index (κ3) is 8.72. The maximum atomic E-state index is 10.7. The van der Waals surface area contributed by atoms with Gasteiger partial charge in [-0.1, -0.05) is 37.3 Å². The average molecular weight is 484 g/mol. The molecule has 2 N–H and O–H groups in total. The van der Waals surface area contributed by atoms with Gasteiger partial charge in [0.05, 0.1) is 18.0 Å². The number of ether oxygens (including phenoxy) is 1. The summed E-state index contributed by atoms with van der Waals surface area (Å²) in [6, 6.07) is 16.1. The second kappa shape index (κ2) is 12.9. The lowest BCUT2D eigenvalue weighted by Gasteiger charge is -2.12. The Kier molecular flexibility index (Phi) is 10.8. The Labute approximate surface area is 176 Å². The molecule has 8 heteroatoms. The van der Waals surface area contributed by atoms with Crippen molar-refractivity contribution in [3.05, 3.63) is 70.3 Å². The number of guanidine groups is 1. The van der Waals surface area contributed by atoms with Gasteiger partial charge in [0, 0.05) is 18.7 Å². The number of aliphatic imine (C=N–C) groups is 1. The third-order valence-corrected chi connectivity index (χ3v) is 3.52. The Hall–Kier alpha value is -2.36. The van der Waals surface area contributed by atoms with E-state index < -0.39 is 4.92 Å². The molecule has 0 atom stereocenters. The molecule has 2 rings (SSSR count). The average Bonchev–Trinajstić information content (AvgIpc) is 2.67. The summed E-state index contributed by atoms with van der Waals surface area (Å²) in [5.41, 5.74) is 0.993. The van der Waals surface area contributed by atoms with Gasteiger partial charge in [0.25, 0.3) is 5.69 Å². The molecule has 0 aliphatic heterocycles. The molecule has 0 aliphatic rings. The van der Waals surface area contributed by atoms with Gasteiger partial charge in [-0.25, -0.2) is 4.99 Å². The fourth-order valence-corrected chi connectivity index (χ4v) is 2.17. The van der Waals surface area contributed by atoms with E-state index in [-0.39, 0.29) is 29.7 Å². The predicted octanol–water partition coefficient (Wildman–Crippen LogP) is 3.74. The van der Waals surface area contributed by atoms with Crippen molar-refractivity contribution < 1.29 is 9.66 Å². The van der Waals surface area contributed by atoms with Gasteiger partial charge in [-0.3, -0.25) is 10.1 Å². The minimum absolute atomic E-state index is 0. The van der Waals surface area contributed by atoms with Crippen LogP contribution in [0.1, 0.15) is 18.9 Å². The highest BCUT2D eigenvalue weighted by Gasteiger charge is 2.04. The summed E-state index contributed by atoms with van der Waals surface area (Å²) in [5, 5.41) is 17.2. The molecule has 2 aromatic rings. The smallest absolute Gasteiger partial charge is 0.269 e. The molecule has 0 fully saturated rings. The highest BCUT2D eigenvalue weighted by molar-refractivity contribution is 14.0. The Balaban J connectivity index is 0.00000364. The van der Waals surface area contributed by atoms with Crippen molar-refractivity contribution in [2.45, 2.75) is 19.9 Å². The van der Waals surface area contributed by atoms with Crippen LogP contribution in [-0.2, 0) is 6.54 Å². The van der Waals surface area contributed by atoms with Gasteiger partial charge in [-0.2, -0.15) is 0 Å². The number of nitrogens with one attached hydrogen (secondary N) is 2. The molecule has 0 aliphatic carbocycles. The summed E-state index contributed by atoms with van der Waals surface area (Å²) in [6.07, 6.45) is 0.985. The molecule has 0 aromatic heterocycles. The first-order valence-corrected chi connectivity index (χ1v) is 8.62. The molecule has 27 heavy (non-hydrogen) atoms. The minimum Gasteiger partial charge on any atom is -0.492 e. The number of nitro groups is 1. The van der Waals surface area contributed by atoms with Crippen LogP contribution in [0.2, 0.25) is 0 Å². The van der Waals surface area contributed by atoms with Gasteiger partial charge < -0.3 is 15.4 Å². The highest BCUT2D eigenvalue weighted by atomic mass is 127. The van der Waals surface area contributed by atoms with Gasteiger partial charge in [0.1, 0.15) is 12.4 Å². The lowest BCUT2D eigenvalue weighted by atomic mass is 10.2. The van der Waals surface area contributed by atoms with Crippen molar-refractivity contribution in [3.63, 3.8) is 0 Å². The Bertz CT molecular complexity index is 709. The first kappa shape index (κ1) is 22.7. The van der Waals surface area contributed by atoms with Crippen LogP contribution in [0.4, 0.5) is 5.69 Å². The normalized spacial score (nSPS) is 10.6. The van der Waals surface area contributed by atoms with Gasteiger partial charge in [0.2, 0.25) is 0 Å². The number of halogens is 1. The topological polar surface area (TPSA) is 88.8 Å². The number of para-hydroxylation sites is 1. The van der Waals surface area contributed by atoms with Crippen LogP contribution in [-0.4, -0.2) is 30.6 Å². The molecule has 0 saturated heterocycles. The maximum Gasteiger partial charge on any atom is 0.269 e. The monoisotopic (exact) mass is 484 g/mol. The van der Waals surface area contributed by atoms with Crippen molar-refractivity contribution in [2.75, 3.05) is 19.7 Å². The van der Waals surface area contributed by atoms with E-state index in [0.29, 0.717) is 25.7 Å². The highest BCUT2D eigenvalue weighted by Crippen LogP contribution is 2.12. The van der Waals surface area contributed by atoms with E-state index in [0.717, 1.165) is 24.3 Å². The van der Waals surface area contributed by atoms with Crippen LogP contribution >= 0.6 is 24.0 Å². The Morgan fingerprint density at radius 1 is 1.07 bits per heavy atom.